The summed E-state index contributed by atoms with van der Waals surface area (Å²) >= 11 is 1.55. The van der Waals surface area contributed by atoms with E-state index in [0.29, 0.717) is 31.2 Å². The van der Waals surface area contributed by atoms with Crippen LogP contribution in [0.5, 0.6) is 0 Å². The zero-order valence-electron chi connectivity index (χ0n) is 18.3. The van der Waals surface area contributed by atoms with Crippen molar-refractivity contribution in [3.8, 4) is 10.6 Å². The molecule has 0 saturated carbocycles. The second-order valence-electron chi connectivity index (χ2n) is 8.80. The van der Waals surface area contributed by atoms with E-state index in [2.05, 4.69) is 60.4 Å². The van der Waals surface area contributed by atoms with Gasteiger partial charge >= 0.3 is 0 Å². The van der Waals surface area contributed by atoms with Crippen molar-refractivity contribution in [2.45, 2.75) is 32.2 Å². The van der Waals surface area contributed by atoms with E-state index >= 15 is 0 Å². The molecule has 31 heavy (non-hydrogen) atoms. The van der Waals surface area contributed by atoms with Gasteiger partial charge in [-0.3, -0.25) is 9.69 Å². The van der Waals surface area contributed by atoms with Gasteiger partial charge in [-0.1, -0.05) is 56.3 Å². The molecule has 164 valence electrons. The van der Waals surface area contributed by atoms with Crippen LogP contribution in [0.3, 0.4) is 0 Å². The van der Waals surface area contributed by atoms with Crippen molar-refractivity contribution in [3.63, 3.8) is 0 Å². The molecular weight excluding hydrogens is 410 g/mol. The monoisotopic (exact) mass is 439 g/mol. The smallest absolute Gasteiger partial charge is 0.273 e. The first kappa shape index (κ1) is 21.7. The van der Waals surface area contributed by atoms with Crippen LogP contribution < -0.4 is 5.32 Å². The molecule has 0 unspecified atom stereocenters. The number of nitrogens with zero attached hydrogens (tertiary/aromatic N) is 2. The van der Waals surface area contributed by atoms with Crippen molar-refractivity contribution in [3.05, 3.63) is 64.7 Å². The zero-order chi connectivity index (χ0) is 21.8. The Hall–Kier alpha value is -2.48. The number of rotatable bonds is 6. The third-order valence-corrected chi connectivity index (χ3v) is 6.50. The largest absolute Gasteiger partial charge is 0.379 e. The molecule has 7 heteroatoms. The Morgan fingerprint density at radius 3 is 2.58 bits per heavy atom. The molecule has 0 aliphatic carbocycles. The first-order valence-electron chi connectivity index (χ1n) is 10.6. The lowest BCUT2D eigenvalue weighted by molar-refractivity contribution is 0.0162. The molecular formula is C24H29N3O3S. The zero-order valence-corrected chi connectivity index (χ0v) is 19.1. The average Bonchev–Trinajstić information content (AvgIpc) is 3.46. The Morgan fingerprint density at radius 2 is 1.94 bits per heavy atom. The number of aromatic nitrogens is 1. The van der Waals surface area contributed by atoms with E-state index < -0.39 is 0 Å². The summed E-state index contributed by atoms with van der Waals surface area (Å²) in [5, 5.41) is 8.99. The summed E-state index contributed by atoms with van der Waals surface area (Å²) in [6.07, 6.45) is 0. The molecule has 3 heterocycles. The first-order chi connectivity index (χ1) is 14.9. The molecule has 0 spiro atoms. The fourth-order valence-corrected chi connectivity index (χ4v) is 4.42. The third-order valence-electron chi connectivity index (χ3n) is 5.61. The van der Waals surface area contributed by atoms with Crippen molar-refractivity contribution >= 4 is 17.2 Å². The predicted octanol–water partition coefficient (Wildman–Crippen LogP) is 4.50. The van der Waals surface area contributed by atoms with Crippen LogP contribution in [0, 0.1) is 0 Å². The van der Waals surface area contributed by atoms with E-state index in [0.717, 1.165) is 18.0 Å². The molecule has 0 radical (unpaired) electrons. The number of thiophene rings is 1. The number of carbonyl (C=O) groups excluding carboxylic acids is 1. The van der Waals surface area contributed by atoms with Gasteiger partial charge < -0.3 is 14.6 Å². The molecule has 1 aromatic carbocycles. The second kappa shape index (κ2) is 9.34. The Bertz CT molecular complexity index is 984. The number of ether oxygens (including phenoxy) is 1. The van der Waals surface area contributed by atoms with Crippen LogP contribution in [-0.4, -0.2) is 48.8 Å². The van der Waals surface area contributed by atoms with E-state index in [-0.39, 0.29) is 17.4 Å². The fourth-order valence-electron chi connectivity index (χ4n) is 3.75. The predicted molar refractivity (Wildman–Crippen MR) is 122 cm³/mol. The summed E-state index contributed by atoms with van der Waals surface area (Å²) in [6.45, 7) is 10.2. The topological polar surface area (TPSA) is 67.6 Å². The Balaban J connectivity index is 1.48. The van der Waals surface area contributed by atoms with Crippen LogP contribution in [0.4, 0.5) is 0 Å². The Kier molecular flexibility index (Phi) is 6.55. The Labute approximate surface area is 187 Å². The van der Waals surface area contributed by atoms with Gasteiger partial charge in [0.25, 0.3) is 5.91 Å². The maximum atomic E-state index is 12.8. The molecule has 1 N–H and O–H groups in total. The number of carbonyl (C=O) groups is 1. The van der Waals surface area contributed by atoms with E-state index in [9.17, 15) is 4.79 Å². The number of hydrogen-bond acceptors (Lipinski definition) is 6. The van der Waals surface area contributed by atoms with Gasteiger partial charge in [-0.2, -0.15) is 0 Å². The molecule has 2 aromatic heterocycles. The highest BCUT2D eigenvalue weighted by molar-refractivity contribution is 7.13. The van der Waals surface area contributed by atoms with E-state index in [4.69, 9.17) is 9.26 Å². The SMILES string of the molecule is CC(C)(C)c1ccc([C@H](CNC(=O)c2cc(-c3cccs3)on2)N2CCOCC2)cc1. The summed E-state index contributed by atoms with van der Waals surface area (Å²) in [5.74, 6) is 0.388. The summed E-state index contributed by atoms with van der Waals surface area (Å²) in [7, 11) is 0. The van der Waals surface area contributed by atoms with Gasteiger partial charge in [-0.05, 0) is 28.0 Å². The van der Waals surface area contributed by atoms with Crippen LogP contribution in [-0.2, 0) is 10.2 Å². The van der Waals surface area contributed by atoms with Crippen LogP contribution in [0.25, 0.3) is 10.6 Å². The fraction of sp³-hybridized carbons (Fsp3) is 0.417. The minimum atomic E-state index is -0.226. The molecule has 1 aliphatic rings. The molecule has 1 atom stereocenters. The highest BCUT2D eigenvalue weighted by atomic mass is 32.1. The molecule has 6 nitrogen and oxygen atoms in total. The lowest BCUT2D eigenvalue weighted by Crippen LogP contribution is -2.43. The summed E-state index contributed by atoms with van der Waals surface area (Å²) in [6, 6.07) is 14.4. The van der Waals surface area contributed by atoms with Crippen molar-refractivity contribution in [1.82, 2.24) is 15.4 Å². The van der Waals surface area contributed by atoms with Crippen LogP contribution >= 0.6 is 11.3 Å². The number of hydrogen-bond donors (Lipinski definition) is 1. The molecule has 1 saturated heterocycles. The number of amides is 1. The van der Waals surface area contributed by atoms with Crippen molar-refractivity contribution in [2.75, 3.05) is 32.8 Å². The quantitative estimate of drug-likeness (QED) is 0.612. The minimum absolute atomic E-state index is 0.0746. The van der Waals surface area contributed by atoms with Crippen molar-refractivity contribution in [2.24, 2.45) is 0 Å². The standard InChI is InChI=1S/C24H29N3O3S/c1-24(2,3)18-8-6-17(7-9-18)20(27-10-12-29-13-11-27)16-25-23(28)19-15-21(30-26-19)22-5-4-14-31-22/h4-9,14-15,20H,10-13,16H2,1-3H3,(H,25,28)/t20-/m0/s1. The van der Waals surface area contributed by atoms with Gasteiger partial charge in [0, 0.05) is 25.7 Å². The van der Waals surface area contributed by atoms with Crippen LogP contribution in [0.2, 0.25) is 0 Å². The van der Waals surface area contributed by atoms with Gasteiger partial charge in [0.15, 0.2) is 11.5 Å². The summed E-state index contributed by atoms with van der Waals surface area (Å²) in [5.41, 5.74) is 2.89. The number of benzene rings is 1. The highest BCUT2D eigenvalue weighted by Crippen LogP contribution is 2.27. The Morgan fingerprint density at radius 1 is 1.19 bits per heavy atom. The van der Waals surface area contributed by atoms with Crippen molar-refractivity contribution in [1.29, 1.82) is 0 Å². The second-order valence-corrected chi connectivity index (χ2v) is 9.75. The third kappa shape index (κ3) is 5.23. The number of nitrogens with one attached hydrogen (secondary N) is 1. The molecule has 4 rings (SSSR count). The highest BCUT2D eigenvalue weighted by Gasteiger charge is 2.25. The normalized spacial score (nSPS) is 16.2. The lowest BCUT2D eigenvalue weighted by atomic mass is 9.86. The molecule has 3 aromatic rings. The van der Waals surface area contributed by atoms with Crippen molar-refractivity contribution < 1.29 is 14.1 Å². The average molecular weight is 440 g/mol. The van der Waals surface area contributed by atoms with E-state index in [1.54, 1.807) is 17.4 Å². The molecule has 1 fully saturated rings. The molecule has 0 bridgehead atoms. The summed E-state index contributed by atoms with van der Waals surface area (Å²) in [4.78, 5) is 16.1. The van der Waals surface area contributed by atoms with E-state index in [1.165, 1.54) is 11.1 Å². The maximum Gasteiger partial charge on any atom is 0.273 e. The molecule has 1 aliphatic heterocycles. The first-order valence-corrected chi connectivity index (χ1v) is 11.5. The van der Waals surface area contributed by atoms with Gasteiger partial charge in [-0.15, -0.1) is 11.3 Å². The maximum absolute atomic E-state index is 12.8. The minimum Gasteiger partial charge on any atom is -0.379 e. The van der Waals surface area contributed by atoms with E-state index in [1.807, 2.05) is 17.5 Å². The lowest BCUT2D eigenvalue weighted by Gasteiger charge is -2.35. The van der Waals surface area contributed by atoms with Gasteiger partial charge in [0.1, 0.15) is 0 Å². The number of morpholine rings is 1. The van der Waals surface area contributed by atoms with Gasteiger partial charge in [0.05, 0.1) is 24.1 Å². The summed E-state index contributed by atoms with van der Waals surface area (Å²) < 4.78 is 10.9. The van der Waals surface area contributed by atoms with Crippen LogP contribution in [0.15, 0.2) is 52.4 Å². The molecule has 1 amide bonds. The van der Waals surface area contributed by atoms with Gasteiger partial charge in [-0.25, -0.2) is 0 Å². The van der Waals surface area contributed by atoms with Gasteiger partial charge in [0.2, 0.25) is 0 Å². The van der Waals surface area contributed by atoms with Crippen LogP contribution in [0.1, 0.15) is 48.4 Å².